The number of methoxy groups -OCH3 is 3. The summed E-state index contributed by atoms with van der Waals surface area (Å²) >= 11 is 0. The molecule has 276 valence electrons. The maximum absolute atomic E-state index is 12.5. The van der Waals surface area contributed by atoms with E-state index in [1.165, 1.54) is 0 Å². The molecule has 2 unspecified atom stereocenters. The van der Waals surface area contributed by atoms with Gasteiger partial charge in [-0.25, -0.2) is 5.01 Å². The molecule has 2 aromatic rings. The fourth-order valence-corrected chi connectivity index (χ4v) is 6.46. The van der Waals surface area contributed by atoms with Gasteiger partial charge in [-0.2, -0.15) is 5.26 Å². The average Bonchev–Trinajstić information content (AvgIpc) is 3.13. The summed E-state index contributed by atoms with van der Waals surface area (Å²) in [5.41, 5.74) is 4.15. The molecular weight excluding hydrogens is 642 g/mol. The third kappa shape index (κ3) is 11.7. The lowest BCUT2D eigenvalue weighted by Crippen LogP contribution is -2.48. The van der Waals surface area contributed by atoms with E-state index in [1.54, 1.807) is 21.3 Å². The summed E-state index contributed by atoms with van der Waals surface area (Å²) in [5.74, 6) is 2.06. The molecule has 0 bridgehead atoms. The number of nitrogens with one attached hydrogen (secondary N) is 1. The summed E-state index contributed by atoms with van der Waals surface area (Å²) in [6, 6.07) is 14.4. The van der Waals surface area contributed by atoms with Crippen LogP contribution >= 0.6 is 0 Å². The van der Waals surface area contributed by atoms with Crippen molar-refractivity contribution in [3.63, 3.8) is 0 Å². The van der Waals surface area contributed by atoms with Crippen molar-refractivity contribution >= 4 is 5.91 Å². The van der Waals surface area contributed by atoms with Gasteiger partial charge in [-0.3, -0.25) is 15.1 Å². The first kappa shape index (κ1) is 40.2. The van der Waals surface area contributed by atoms with E-state index in [-0.39, 0.29) is 31.1 Å². The molecule has 1 fully saturated rings. The van der Waals surface area contributed by atoms with E-state index in [2.05, 4.69) is 42.1 Å². The molecule has 13 heteroatoms. The van der Waals surface area contributed by atoms with Gasteiger partial charge in [-0.05, 0) is 93.9 Å². The van der Waals surface area contributed by atoms with E-state index in [9.17, 15) is 20.2 Å². The second kappa shape index (κ2) is 20.4. The molecule has 1 N–H and O–H groups in total. The highest BCUT2D eigenvalue weighted by Gasteiger charge is 2.34. The van der Waals surface area contributed by atoms with E-state index < -0.39 is 10.5 Å². The van der Waals surface area contributed by atoms with Crippen molar-refractivity contribution in [1.29, 1.82) is 5.26 Å². The number of benzene rings is 2. The van der Waals surface area contributed by atoms with Crippen molar-refractivity contribution in [2.75, 3.05) is 61.2 Å². The predicted molar refractivity (Wildman–Crippen MR) is 190 cm³/mol. The number of hydrazine groups is 1. The van der Waals surface area contributed by atoms with Crippen LogP contribution in [0.4, 0.5) is 0 Å². The lowest BCUT2D eigenvalue weighted by Gasteiger charge is -2.31. The topological polar surface area (TPSA) is 149 Å². The fourth-order valence-electron chi connectivity index (χ4n) is 6.46. The van der Waals surface area contributed by atoms with Crippen LogP contribution in [0.1, 0.15) is 88.8 Å². The third-order valence-electron chi connectivity index (χ3n) is 9.71. The Morgan fingerprint density at radius 1 is 1.06 bits per heavy atom. The SMILES string of the molecule is CCCCCCC(C#N)(CCCN(C)C(C)c1ccc(OCC(=O)NN2CCC(CO[N+](=O)[O-])CC2)cc1)c1cc(OC)c(OC)c(OC)c1. The summed E-state index contributed by atoms with van der Waals surface area (Å²) in [5, 5.41) is 22.1. The lowest BCUT2D eigenvalue weighted by molar-refractivity contribution is -0.759. The smallest absolute Gasteiger partial charge is 0.294 e. The molecule has 0 saturated carbocycles. The molecule has 1 heterocycles. The number of nitrogens with zero attached hydrogens (tertiary/aromatic N) is 4. The summed E-state index contributed by atoms with van der Waals surface area (Å²) in [6.07, 6.45) is 7.97. The Hall–Kier alpha value is -4.28. The van der Waals surface area contributed by atoms with Crippen molar-refractivity contribution < 1.29 is 33.7 Å². The quantitative estimate of drug-likeness (QED) is 0.0846. The van der Waals surface area contributed by atoms with Crippen LogP contribution in [0.15, 0.2) is 36.4 Å². The molecule has 13 nitrogen and oxygen atoms in total. The van der Waals surface area contributed by atoms with Gasteiger partial charge in [-0.1, -0.05) is 44.7 Å². The number of piperidine rings is 1. The Balaban J connectivity index is 1.55. The van der Waals surface area contributed by atoms with Crippen molar-refractivity contribution in [1.82, 2.24) is 15.3 Å². The third-order valence-corrected chi connectivity index (χ3v) is 9.71. The highest BCUT2D eigenvalue weighted by atomic mass is 16.9. The van der Waals surface area contributed by atoms with Crippen LogP contribution in [0.3, 0.4) is 0 Å². The number of amides is 1. The van der Waals surface area contributed by atoms with Gasteiger partial charge in [0.15, 0.2) is 18.1 Å². The molecule has 0 aromatic heterocycles. The number of rotatable bonds is 22. The number of hydrogen-bond donors (Lipinski definition) is 1. The normalized spacial score (nSPS) is 15.4. The zero-order chi connectivity index (χ0) is 36.5. The molecule has 1 amide bonds. The monoisotopic (exact) mass is 697 g/mol. The minimum Gasteiger partial charge on any atom is -0.493 e. The predicted octanol–water partition coefficient (Wildman–Crippen LogP) is 6.25. The molecule has 2 aromatic carbocycles. The van der Waals surface area contributed by atoms with Crippen LogP contribution in [-0.2, 0) is 15.0 Å². The average molecular weight is 698 g/mol. The van der Waals surface area contributed by atoms with E-state index in [0.717, 1.165) is 56.2 Å². The molecule has 1 saturated heterocycles. The molecular formula is C37H55N5O8. The second-order valence-corrected chi connectivity index (χ2v) is 13.0. The molecule has 3 rings (SSSR count). The molecule has 0 aliphatic carbocycles. The molecule has 2 atom stereocenters. The number of ether oxygens (including phenoxy) is 4. The number of unbranched alkanes of at least 4 members (excludes halogenated alkanes) is 3. The Bertz CT molecular complexity index is 1370. The van der Waals surface area contributed by atoms with Gasteiger partial charge in [-0.15, -0.1) is 10.1 Å². The van der Waals surface area contributed by atoms with Crippen LogP contribution in [0.2, 0.25) is 0 Å². The minimum absolute atomic E-state index is 0.0833. The van der Waals surface area contributed by atoms with E-state index in [4.69, 9.17) is 18.9 Å². The summed E-state index contributed by atoms with van der Waals surface area (Å²) in [4.78, 5) is 29.6. The van der Waals surface area contributed by atoms with Gasteiger partial charge in [0.05, 0.1) is 39.4 Å². The first-order valence-corrected chi connectivity index (χ1v) is 17.6. The summed E-state index contributed by atoms with van der Waals surface area (Å²) in [7, 11) is 6.86. The highest BCUT2D eigenvalue weighted by Crippen LogP contribution is 2.44. The van der Waals surface area contributed by atoms with Crippen LogP contribution in [-0.4, -0.2) is 82.1 Å². The van der Waals surface area contributed by atoms with Gasteiger partial charge >= 0.3 is 0 Å². The Kier molecular flexibility index (Phi) is 16.4. The van der Waals surface area contributed by atoms with Crippen LogP contribution < -0.4 is 24.4 Å². The highest BCUT2D eigenvalue weighted by molar-refractivity contribution is 5.77. The number of hydrogen-bond acceptors (Lipinski definition) is 11. The van der Waals surface area contributed by atoms with Gasteiger partial charge in [0.25, 0.3) is 11.0 Å². The maximum Gasteiger partial charge on any atom is 0.294 e. The first-order chi connectivity index (χ1) is 24.1. The number of carbonyl (C=O) groups excluding carboxylic acids is 1. The van der Waals surface area contributed by atoms with Crippen molar-refractivity contribution in [3.05, 3.63) is 57.6 Å². The van der Waals surface area contributed by atoms with Crippen LogP contribution in [0.25, 0.3) is 0 Å². The maximum atomic E-state index is 12.5. The zero-order valence-electron chi connectivity index (χ0n) is 30.6. The molecule has 0 spiro atoms. The first-order valence-electron chi connectivity index (χ1n) is 17.6. The van der Waals surface area contributed by atoms with Gasteiger partial charge in [0.2, 0.25) is 5.75 Å². The standard InChI is InChI=1S/C37H55N5O8/c1-7-8-9-10-18-37(27-38,31-23-33(46-4)36(48-6)34(24-31)47-5)19-11-20-40(3)28(2)30-12-14-32(15-13-30)49-26-35(43)39-41-21-16-29(17-22-41)25-50-42(44)45/h12-15,23-24,28-29H,7-11,16-22,25-26H2,1-6H3,(H,39,43). The molecule has 1 aliphatic rings. The fraction of sp³-hybridized carbons (Fsp3) is 0.622. The Morgan fingerprint density at radius 3 is 2.26 bits per heavy atom. The minimum atomic E-state index is -0.768. The molecule has 50 heavy (non-hydrogen) atoms. The molecule has 0 radical (unpaired) electrons. The summed E-state index contributed by atoms with van der Waals surface area (Å²) < 4.78 is 22.5. The number of carbonyl (C=O) groups is 1. The van der Waals surface area contributed by atoms with E-state index in [1.807, 2.05) is 41.4 Å². The van der Waals surface area contributed by atoms with Crippen molar-refractivity contribution in [2.24, 2.45) is 5.92 Å². The van der Waals surface area contributed by atoms with E-state index >= 15 is 0 Å². The van der Waals surface area contributed by atoms with Gasteiger partial charge < -0.3 is 23.8 Å². The second-order valence-electron chi connectivity index (χ2n) is 13.0. The summed E-state index contributed by atoms with van der Waals surface area (Å²) in [6.45, 7) is 6.28. The van der Waals surface area contributed by atoms with Crippen LogP contribution in [0, 0.1) is 27.4 Å². The van der Waals surface area contributed by atoms with Crippen molar-refractivity contribution in [3.8, 4) is 29.1 Å². The Labute approximate surface area is 296 Å². The Morgan fingerprint density at radius 2 is 1.70 bits per heavy atom. The number of nitriles is 1. The zero-order valence-corrected chi connectivity index (χ0v) is 30.6. The lowest BCUT2D eigenvalue weighted by atomic mass is 9.73. The largest absolute Gasteiger partial charge is 0.493 e. The van der Waals surface area contributed by atoms with Gasteiger partial charge in [0, 0.05) is 19.1 Å². The van der Waals surface area contributed by atoms with Gasteiger partial charge in [0.1, 0.15) is 5.75 Å². The van der Waals surface area contributed by atoms with Crippen molar-refractivity contribution in [2.45, 2.75) is 83.1 Å². The van der Waals surface area contributed by atoms with Crippen LogP contribution in [0.5, 0.6) is 23.0 Å². The molecule has 1 aliphatic heterocycles. The van der Waals surface area contributed by atoms with E-state index in [0.29, 0.717) is 55.4 Å².